The van der Waals surface area contributed by atoms with Gasteiger partial charge in [0.25, 0.3) is 11.2 Å². The van der Waals surface area contributed by atoms with E-state index in [1.807, 2.05) is 0 Å². The van der Waals surface area contributed by atoms with Gasteiger partial charge in [-0.1, -0.05) is 0 Å². The number of rotatable bonds is 8. The van der Waals surface area contributed by atoms with Crippen LogP contribution < -0.4 is 20.7 Å². The molecule has 4 rings (SSSR count). The molecule has 1 aromatic carbocycles. The van der Waals surface area contributed by atoms with E-state index in [1.165, 1.54) is 32.4 Å². The van der Waals surface area contributed by atoms with Gasteiger partial charge in [0, 0.05) is 19.4 Å². The Morgan fingerprint density at radius 1 is 1.29 bits per heavy atom. The highest BCUT2D eigenvalue weighted by Crippen LogP contribution is 2.40. The van der Waals surface area contributed by atoms with Crippen molar-refractivity contribution in [1.29, 1.82) is 0 Å². The lowest BCUT2D eigenvalue weighted by Gasteiger charge is -2.21. The monoisotopic (exact) mass is 481 g/mol. The van der Waals surface area contributed by atoms with Gasteiger partial charge in [0.2, 0.25) is 6.79 Å². The number of benzene rings is 1. The van der Waals surface area contributed by atoms with Gasteiger partial charge >= 0.3 is 5.69 Å². The maximum absolute atomic E-state index is 13.0. The first-order chi connectivity index (χ1) is 16.3. The number of nitro benzene ring substituents is 1. The summed E-state index contributed by atoms with van der Waals surface area (Å²) < 4.78 is 28.7. The van der Waals surface area contributed by atoms with E-state index in [9.17, 15) is 29.9 Å². The Hall–Kier alpha value is -3.30. The first-order valence-corrected chi connectivity index (χ1v) is 10.3. The van der Waals surface area contributed by atoms with E-state index in [2.05, 4.69) is 0 Å². The molecular formula is C20H23N3O11. The van der Waals surface area contributed by atoms with E-state index < -0.39 is 60.2 Å². The van der Waals surface area contributed by atoms with E-state index in [-0.39, 0.29) is 23.8 Å². The molecule has 0 bridgehead atoms. The standard InChI is InChI=1S/C20H23N3O11/c1-10(11-5-13-14(33-9-32-13)6-12(11)23(28)29)31-8-22-16(25)3-4-21(20(22)27)19-18(30-2)17(26)15(7-24)34-19/h3-6,10,15,17-19,24,26H,7-9H2,1-2H3/t10?,15-,17-,18-,19-/m1/s1. The van der Waals surface area contributed by atoms with Gasteiger partial charge in [0.05, 0.1) is 29.3 Å². The molecule has 5 atom stereocenters. The van der Waals surface area contributed by atoms with Crippen LogP contribution >= 0.6 is 0 Å². The van der Waals surface area contributed by atoms with Gasteiger partial charge in [-0.2, -0.15) is 0 Å². The third-order valence-corrected chi connectivity index (χ3v) is 5.74. The molecule has 0 amide bonds. The van der Waals surface area contributed by atoms with Crippen LogP contribution in [0, 0.1) is 10.1 Å². The SMILES string of the molecule is CO[C@@H]1[C@H](O)[C@@H](CO)O[C@H]1n1ccc(=O)n(COC(C)c2cc3c(cc2[N+](=O)[O-])OCO3)c1=O. The lowest BCUT2D eigenvalue weighted by molar-refractivity contribution is -0.386. The molecule has 2 aliphatic heterocycles. The van der Waals surface area contributed by atoms with Crippen LogP contribution in [0.3, 0.4) is 0 Å². The topological polar surface area (TPSA) is 174 Å². The Balaban J connectivity index is 1.60. The van der Waals surface area contributed by atoms with Crippen LogP contribution in [0.4, 0.5) is 5.69 Å². The van der Waals surface area contributed by atoms with Crippen LogP contribution in [0.15, 0.2) is 34.0 Å². The van der Waals surface area contributed by atoms with Gasteiger partial charge in [0.1, 0.15) is 25.0 Å². The summed E-state index contributed by atoms with van der Waals surface area (Å²) in [6.45, 7) is 0.435. The van der Waals surface area contributed by atoms with Gasteiger partial charge in [-0.3, -0.25) is 19.5 Å². The smallest absolute Gasteiger partial charge is 0.335 e. The average Bonchev–Trinajstić information content (AvgIpc) is 3.40. The quantitative estimate of drug-likeness (QED) is 0.372. The summed E-state index contributed by atoms with van der Waals surface area (Å²) in [4.78, 5) is 36.3. The highest BCUT2D eigenvalue weighted by atomic mass is 16.7. The molecule has 1 aromatic heterocycles. The largest absolute Gasteiger partial charge is 0.454 e. The molecule has 0 aliphatic carbocycles. The van der Waals surface area contributed by atoms with E-state index in [1.54, 1.807) is 0 Å². The Kier molecular flexibility index (Phi) is 6.67. The van der Waals surface area contributed by atoms with E-state index >= 15 is 0 Å². The summed E-state index contributed by atoms with van der Waals surface area (Å²) >= 11 is 0. The van der Waals surface area contributed by atoms with Crippen molar-refractivity contribution in [3.05, 3.63) is 60.9 Å². The third kappa shape index (κ3) is 4.17. The Labute approximate surface area is 191 Å². The van der Waals surface area contributed by atoms with Gasteiger partial charge < -0.3 is 33.9 Å². The van der Waals surface area contributed by atoms with E-state index in [4.69, 9.17) is 23.7 Å². The molecule has 1 fully saturated rings. The molecule has 0 saturated carbocycles. The Bertz CT molecular complexity index is 1190. The third-order valence-electron chi connectivity index (χ3n) is 5.74. The number of aliphatic hydroxyl groups is 2. The molecule has 2 N–H and O–H groups in total. The number of fused-ring (bicyclic) bond motifs is 1. The van der Waals surface area contributed by atoms with E-state index in [0.717, 1.165) is 15.2 Å². The fourth-order valence-electron chi connectivity index (χ4n) is 3.90. The molecule has 184 valence electrons. The van der Waals surface area contributed by atoms with Gasteiger partial charge in [-0.15, -0.1) is 0 Å². The van der Waals surface area contributed by atoms with Crippen molar-refractivity contribution < 1.29 is 38.8 Å². The second-order valence-electron chi connectivity index (χ2n) is 7.67. The lowest BCUT2D eigenvalue weighted by Crippen LogP contribution is -2.44. The molecule has 34 heavy (non-hydrogen) atoms. The van der Waals surface area contributed by atoms with Crippen LogP contribution in [-0.2, 0) is 20.9 Å². The number of nitro groups is 1. The fraction of sp³-hybridized carbons (Fsp3) is 0.500. The van der Waals surface area contributed by atoms with Crippen molar-refractivity contribution in [3.63, 3.8) is 0 Å². The first kappa shape index (κ1) is 23.8. The summed E-state index contributed by atoms with van der Waals surface area (Å²) in [5, 5.41) is 31.1. The number of hydrogen-bond acceptors (Lipinski definition) is 11. The molecule has 14 nitrogen and oxygen atoms in total. The maximum Gasteiger partial charge on any atom is 0.335 e. The number of hydrogen-bond donors (Lipinski definition) is 2. The van der Waals surface area contributed by atoms with Crippen LogP contribution in [0.2, 0.25) is 0 Å². The van der Waals surface area contributed by atoms with E-state index in [0.29, 0.717) is 5.75 Å². The fourth-order valence-corrected chi connectivity index (χ4v) is 3.90. The molecule has 3 heterocycles. The average molecular weight is 481 g/mol. The van der Waals surface area contributed by atoms with Gasteiger partial charge in [-0.25, -0.2) is 9.36 Å². The second-order valence-corrected chi connectivity index (χ2v) is 7.67. The Morgan fingerprint density at radius 3 is 2.65 bits per heavy atom. The molecule has 14 heteroatoms. The van der Waals surface area contributed by atoms with Gasteiger partial charge in [-0.05, 0) is 13.0 Å². The number of aromatic nitrogens is 2. The second kappa shape index (κ2) is 9.52. The van der Waals surface area contributed by atoms with Crippen molar-refractivity contribution in [1.82, 2.24) is 9.13 Å². The number of ether oxygens (including phenoxy) is 5. The first-order valence-electron chi connectivity index (χ1n) is 10.3. The normalized spacial score (nSPS) is 24.4. The van der Waals surface area contributed by atoms with Gasteiger partial charge in [0.15, 0.2) is 17.7 Å². The summed E-state index contributed by atoms with van der Waals surface area (Å²) in [5.41, 5.74) is -1.59. The van der Waals surface area contributed by atoms with Crippen LogP contribution in [0.5, 0.6) is 11.5 Å². The lowest BCUT2D eigenvalue weighted by atomic mass is 10.1. The zero-order chi connectivity index (χ0) is 24.6. The van der Waals surface area contributed by atoms with Crippen molar-refractivity contribution in [2.75, 3.05) is 20.5 Å². The Morgan fingerprint density at radius 2 is 2.00 bits per heavy atom. The van der Waals surface area contributed by atoms with Crippen molar-refractivity contribution in [3.8, 4) is 11.5 Å². The highest BCUT2D eigenvalue weighted by Gasteiger charge is 2.45. The van der Waals surface area contributed by atoms with Crippen molar-refractivity contribution >= 4 is 5.69 Å². The molecule has 1 saturated heterocycles. The predicted molar refractivity (Wildman–Crippen MR) is 111 cm³/mol. The molecule has 2 aromatic rings. The summed E-state index contributed by atoms with van der Waals surface area (Å²) in [5.74, 6) is 0.550. The van der Waals surface area contributed by atoms with Crippen molar-refractivity contribution in [2.45, 2.75) is 44.3 Å². The summed E-state index contributed by atoms with van der Waals surface area (Å²) in [6.07, 6.45) is -3.97. The van der Waals surface area contributed by atoms with Crippen LogP contribution in [-0.4, -0.2) is 63.1 Å². The number of aliphatic hydroxyl groups excluding tert-OH is 2. The predicted octanol–water partition coefficient (Wildman–Crippen LogP) is -0.352. The van der Waals surface area contributed by atoms with Crippen LogP contribution in [0.25, 0.3) is 0 Å². The minimum atomic E-state index is -1.20. The van der Waals surface area contributed by atoms with Crippen molar-refractivity contribution in [2.24, 2.45) is 0 Å². The molecular weight excluding hydrogens is 458 g/mol. The zero-order valence-electron chi connectivity index (χ0n) is 18.2. The maximum atomic E-state index is 13.0. The van der Waals surface area contributed by atoms with Crippen LogP contribution in [0.1, 0.15) is 24.8 Å². The summed E-state index contributed by atoms with van der Waals surface area (Å²) in [7, 11) is 1.31. The number of methoxy groups -OCH3 is 1. The molecule has 0 radical (unpaired) electrons. The molecule has 0 spiro atoms. The number of nitrogens with zero attached hydrogens (tertiary/aromatic N) is 3. The minimum absolute atomic E-state index is 0.0678. The zero-order valence-corrected chi connectivity index (χ0v) is 18.2. The highest BCUT2D eigenvalue weighted by molar-refractivity contribution is 5.55. The molecule has 2 aliphatic rings. The minimum Gasteiger partial charge on any atom is -0.454 e. The molecule has 1 unspecified atom stereocenters. The summed E-state index contributed by atoms with van der Waals surface area (Å²) in [6, 6.07) is 3.75.